The van der Waals surface area contributed by atoms with E-state index in [-0.39, 0.29) is 36.3 Å². The van der Waals surface area contributed by atoms with Gasteiger partial charge in [0, 0.05) is 19.0 Å². The molecule has 1 amide bonds. The Labute approximate surface area is 171 Å². The predicted molar refractivity (Wildman–Crippen MR) is 109 cm³/mol. The molecule has 2 heterocycles. The third kappa shape index (κ3) is 5.96. The summed E-state index contributed by atoms with van der Waals surface area (Å²) in [6.45, 7) is 8.47. The number of hydrazine groups is 1. The lowest BCUT2D eigenvalue weighted by Crippen LogP contribution is -2.55. The number of guanidine groups is 1. The Hall–Kier alpha value is -2.07. The van der Waals surface area contributed by atoms with Gasteiger partial charge < -0.3 is 10.1 Å². The molecule has 0 spiro atoms. The molecule has 0 radical (unpaired) electrons. The Morgan fingerprint density at radius 2 is 2.00 bits per heavy atom. The van der Waals surface area contributed by atoms with Crippen LogP contribution in [0.5, 0.6) is 0 Å². The van der Waals surface area contributed by atoms with E-state index in [0.29, 0.717) is 24.8 Å². The zero-order valence-corrected chi connectivity index (χ0v) is 17.3. The largest absolute Gasteiger partial charge is 0.359 e. The van der Waals surface area contributed by atoms with Gasteiger partial charge in [0.2, 0.25) is 5.91 Å². The smallest absolute Gasteiger partial charge is 0.246 e. The molecular formula is C20H31FN6O2. The third-order valence-electron chi connectivity index (χ3n) is 4.93. The maximum atomic E-state index is 13.2. The lowest BCUT2D eigenvalue weighted by Gasteiger charge is -2.20. The minimum Gasteiger partial charge on any atom is -0.359 e. The zero-order valence-electron chi connectivity index (χ0n) is 17.3. The first-order valence-electron chi connectivity index (χ1n) is 10.1. The van der Waals surface area contributed by atoms with E-state index in [2.05, 4.69) is 45.6 Å². The molecule has 2 fully saturated rings. The summed E-state index contributed by atoms with van der Waals surface area (Å²) in [4.78, 5) is 17.2. The monoisotopic (exact) mass is 406 g/mol. The average Bonchev–Trinajstić information content (AvgIpc) is 3.26. The number of hydrogen-bond donors (Lipinski definition) is 5. The number of nitrogens with zero attached hydrogens (tertiary/aromatic N) is 1. The van der Waals surface area contributed by atoms with Crippen molar-refractivity contribution in [2.24, 2.45) is 10.9 Å². The number of ether oxygens (including phenoxy) is 1. The topological polar surface area (TPSA) is 98.8 Å². The molecule has 2 aliphatic rings. The predicted octanol–water partition coefficient (Wildman–Crippen LogP) is 1.13. The van der Waals surface area contributed by atoms with Crippen molar-refractivity contribution in [3.63, 3.8) is 0 Å². The summed E-state index contributed by atoms with van der Waals surface area (Å²) >= 11 is 0. The molecule has 160 valence electrons. The first-order valence-corrected chi connectivity index (χ1v) is 10.1. The van der Waals surface area contributed by atoms with Crippen molar-refractivity contribution in [3.8, 4) is 0 Å². The van der Waals surface area contributed by atoms with Gasteiger partial charge in [-0.1, -0.05) is 26.0 Å². The quantitative estimate of drug-likeness (QED) is 0.372. The van der Waals surface area contributed by atoms with Gasteiger partial charge in [-0.2, -0.15) is 0 Å². The molecule has 0 saturated carbocycles. The van der Waals surface area contributed by atoms with Crippen LogP contribution in [0.3, 0.4) is 0 Å². The van der Waals surface area contributed by atoms with E-state index < -0.39 is 6.04 Å². The Morgan fingerprint density at radius 3 is 2.62 bits per heavy atom. The fraction of sp³-hybridized carbons (Fsp3) is 0.600. The second-order valence-corrected chi connectivity index (χ2v) is 8.03. The van der Waals surface area contributed by atoms with Crippen molar-refractivity contribution in [1.29, 1.82) is 0 Å². The normalized spacial score (nSPS) is 30.0. The summed E-state index contributed by atoms with van der Waals surface area (Å²) in [5.41, 5.74) is 7.36. The Bertz CT molecular complexity index is 726. The van der Waals surface area contributed by atoms with Crippen molar-refractivity contribution in [2.75, 3.05) is 6.54 Å². The summed E-state index contributed by atoms with van der Waals surface area (Å²) < 4.78 is 18.8. The Kier molecular flexibility index (Phi) is 7.18. The summed E-state index contributed by atoms with van der Waals surface area (Å²) in [5, 5.41) is 9.28. The first kappa shape index (κ1) is 21.6. The van der Waals surface area contributed by atoms with Crippen molar-refractivity contribution in [3.05, 3.63) is 35.6 Å². The molecule has 2 aliphatic heterocycles. The van der Waals surface area contributed by atoms with Gasteiger partial charge >= 0.3 is 0 Å². The van der Waals surface area contributed by atoms with Gasteiger partial charge in [0.1, 0.15) is 18.1 Å². The molecule has 5 unspecified atom stereocenters. The van der Waals surface area contributed by atoms with Crippen LogP contribution in [0.25, 0.3) is 0 Å². The summed E-state index contributed by atoms with van der Waals surface area (Å²) in [5.74, 6) is 0.347. The van der Waals surface area contributed by atoms with Crippen LogP contribution in [-0.4, -0.2) is 43.0 Å². The number of amides is 1. The van der Waals surface area contributed by atoms with Gasteiger partial charge in [0.25, 0.3) is 0 Å². The molecule has 5 atom stereocenters. The van der Waals surface area contributed by atoms with Crippen LogP contribution in [-0.2, 0) is 9.53 Å². The average molecular weight is 407 g/mol. The number of carbonyl (C=O) groups is 1. The van der Waals surface area contributed by atoms with Crippen LogP contribution in [0, 0.1) is 11.7 Å². The standard InChI is InChI=1S/C20H31FN6O2/c1-11(2)10-22-20(25-19(28)18-12(3)29-13(4)23-18)24-17-9-16(26-27-17)14-5-7-15(21)8-6-14/h5-8,11-13,16-18,23,26-27H,9-10H2,1-4H3,(H2,22,24,25,28). The first-order chi connectivity index (χ1) is 13.8. The van der Waals surface area contributed by atoms with Crippen LogP contribution in [0.1, 0.15) is 45.7 Å². The number of hydrogen-bond acceptors (Lipinski definition) is 6. The van der Waals surface area contributed by atoms with Gasteiger partial charge in [-0.3, -0.25) is 20.4 Å². The lowest BCUT2D eigenvalue weighted by atomic mass is 10.0. The molecule has 5 N–H and O–H groups in total. The van der Waals surface area contributed by atoms with Crippen molar-refractivity contribution in [2.45, 2.75) is 64.7 Å². The fourth-order valence-corrected chi connectivity index (χ4v) is 3.44. The van der Waals surface area contributed by atoms with E-state index in [4.69, 9.17) is 4.74 Å². The van der Waals surface area contributed by atoms with Gasteiger partial charge in [-0.15, -0.1) is 0 Å². The van der Waals surface area contributed by atoms with Crippen LogP contribution in [0.15, 0.2) is 29.3 Å². The number of rotatable bonds is 5. The summed E-state index contributed by atoms with van der Waals surface area (Å²) in [6.07, 6.45) is 0.188. The highest BCUT2D eigenvalue weighted by molar-refractivity contribution is 5.99. The van der Waals surface area contributed by atoms with Crippen LogP contribution < -0.4 is 26.8 Å². The Morgan fingerprint density at radius 1 is 1.28 bits per heavy atom. The SMILES string of the molecule is CC(C)CN=C(NC(=O)C1NC(C)OC1C)NC1CC(c2ccc(F)cc2)NN1. The van der Waals surface area contributed by atoms with Gasteiger partial charge in [-0.05, 0) is 37.5 Å². The summed E-state index contributed by atoms with van der Waals surface area (Å²) in [7, 11) is 0. The highest BCUT2D eigenvalue weighted by atomic mass is 19.1. The number of benzene rings is 1. The number of nitrogens with one attached hydrogen (secondary N) is 5. The molecular weight excluding hydrogens is 375 g/mol. The van der Waals surface area contributed by atoms with Gasteiger partial charge in [0.05, 0.1) is 12.3 Å². The molecule has 29 heavy (non-hydrogen) atoms. The molecule has 1 aromatic carbocycles. The van der Waals surface area contributed by atoms with E-state index in [9.17, 15) is 9.18 Å². The second-order valence-electron chi connectivity index (χ2n) is 8.03. The summed E-state index contributed by atoms with van der Waals surface area (Å²) in [6, 6.07) is 6.03. The third-order valence-corrected chi connectivity index (χ3v) is 4.93. The van der Waals surface area contributed by atoms with Crippen LogP contribution in [0.4, 0.5) is 4.39 Å². The van der Waals surface area contributed by atoms with E-state index in [1.807, 2.05) is 13.8 Å². The van der Waals surface area contributed by atoms with Crippen LogP contribution in [0.2, 0.25) is 0 Å². The molecule has 8 nitrogen and oxygen atoms in total. The van der Waals surface area contributed by atoms with Crippen molar-refractivity contribution in [1.82, 2.24) is 26.8 Å². The molecule has 0 aromatic heterocycles. The van der Waals surface area contributed by atoms with Crippen molar-refractivity contribution < 1.29 is 13.9 Å². The molecule has 9 heteroatoms. The lowest BCUT2D eigenvalue weighted by molar-refractivity contribution is -0.122. The van der Waals surface area contributed by atoms with E-state index >= 15 is 0 Å². The maximum absolute atomic E-state index is 13.2. The van der Waals surface area contributed by atoms with E-state index in [0.717, 1.165) is 5.56 Å². The van der Waals surface area contributed by atoms with Crippen molar-refractivity contribution >= 4 is 11.9 Å². The van der Waals surface area contributed by atoms with E-state index in [1.54, 1.807) is 12.1 Å². The number of aliphatic imine (C=N–C) groups is 1. The molecule has 2 saturated heterocycles. The van der Waals surface area contributed by atoms with Gasteiger partial charge in [-0.25, -0.2) is 15.2 Å². The second kappa shape index (κ2) is 9.62. The fourth-order valence-electron chi connectivity index (χ4n) is 3.44. The van der Waals surface area contributed by atoms with Crippen LogP contribution >= 0.6 is 0 Å². The number of halogens is 1. The molecule has 3 rings (SSSR count). The molecule has 1 aromatic rings. The highest BCUT2D eigenvalue weighted by Crippen LogP contribution is 2.21. The minimum atomic E-state index is -0.433. The Balaban J connectivity index is 1.61. The minimum absolute atomic E-state index is 0.0286. The highest BCUT2D eigenvalue weighted by Gasteiger charge is 2.35. The van der Waals surface area contributed by atoms with E-state index in [1.165, 1.54) is 12.1 Å². The zero-order chi connectivity index (χ0) is 21.0. The molecule has 0 aliphatic carbocycles. The maximum Gasteiger partial charge on any atom is 0.246 e. The number of carbonyl (C=O) groups excluding carboxylic acids is 1. The van der Waals surface area contributed by atoms with Gasteiger partial charge in [0.15, 0.2) is 5.96 Å². The molecule has 0 bridgehead atoms.